The van der Waals surface area contributed by atoms with Crippen molar-refractivity contribution in [1.29, 1.82) is 0 Å². The summed E-state index contributed by atoms with van der Waals surface area (Å²) in [5.74, 6) is -2.69. The molecule has 2 aliphatic carbocycles. The standard InChI is InChI=1S/C57H32O9S4/c58-46-37-19-31-15-7-8-16-32(31)20-38(37)47(59)41(46)23-35-25-43-51(67-35)45-53(69-43)54-50(66-57(45,55(62)64-27-29-11-3-1-4-12-29)56(63)65-28-30-13-5-2-6-14-30)52-44(70-54)26-36(68-52)24-42-48(60)39-21-33-17-9-10-18-34(33)22-40(39)49(42)61/h1-26,46,58H,27-28H2/b41-23+. The van der Waals surface area contributed by atoms with Crippen molar-refractivity contribution in [2.75, 3.05) is 0 Å². The van der Waals surface area contributed by atoms with E-state index in [4.69, 9.17) is 14.2 Å². The van der Waals surface area contributed by atoms with E-state index in [0.717, 1.165) is 26.2 Å². The summed E-state index contributed by atoms with van der Waals surface area (Å²) in [7, 11) is 0. The van der Waals surface area contributed by atoms with E-state index in [9.17, 15) is 19.5 Å². The largest absolute Gasteiger partial charge is 0.457 e. The van der Waals surface area contributed by atoms with Gasteiger partial charge in [-0.05, 0) is 86.8 Å². The Morgan fingerprint density at radius 3 is 1.63 bits per heavy atom. The first kappa shape index (κ1) is 42.5. The average molecular weight is 989 g/mol. The number of fused-ring (bicyclic) bond motifs is 11. The van der Waals surface area contributed by atoms with Gasteiger partial charge < -0.3 is 19.3 Å². The Labute approximate surface area is 413 Å². The van der Waals surface area contributed by atoms with Crippen LogP contribution in [0.1, 0.15) is 69.2 Å². The van der Waals surface area contributed by atoms with Crippen LogP contribution >= 0.6 is 45.3 Å². The molecule has 3 aliphatic rings. The molecular weight excluding hydrogens is 957 g/mol. The Morgan fingerprint density at radius 1 is 0.557 bits per heavy atom. The number of aliphatic hydroxyl groups is 1. The van der Waals surface area contributed by atoms with Crippen LogP contribution in [-0.2, 0) is 37.9 Å². The molecule has 0 bridgehead atoms. The molecule has 9 nitrogen and oxygen atoms in total. The minimum atomic E-state index is -2.48. The number of carbonyl (C=O) groups is 5. The fraction of sp³-hybridized carbons (Fsp3) is 0.0702. The molecule has 1 unspecified atom stereocenters. The Kier molecular flexibility index (Phi) is 9.84. The number of thiophene rings is 4. The van der Waals surface area contributed by atoms with Crippen molar-refractivity contribution in [2.24, 2.45) is 0 Å². The maximum absolute atomic E-state index is 15.2. The van der Waals surface area contributed by atoms with E-state index in [1.165, 1.54) is 45.3 Å². The van der Waals surface area contributed by atoms with Gasteiger partial charge >= 0.3 is 17.5 Å². The van der Waals surface area contributed by atoms with Gasteiger partial charge in [-0.2, -0.15) is 0 Å². The third-order valence-corrected chi connectivity index (χ3v) is 17.9. The van der Waals surface area contributed by atoms with Crippen molar-refractivity contribution in [1.82, 2.24) is 0 Å². The van der Waals surface area contributed by atoms with Gasteiger partial charge in [0.15, 0.2) is 23.1 Å². The molecule has 10 aromatic rings. The number of ketones is 3. The Bertz CT molecular complexity index is 3890. The monoisotopic (exact) mass is 988 g/mol. The first-order valence-electron chi connectivity index (χ1n) is 22.2. The summed E-state index contributed by atoms with van der Waals surface area (Å²) in [6.45, 7) is -0.335. The van der Waals surface area contributed by atoms with E-state index in [1.54, 1.807) is 24.3 Å². The topological polar surface area (TPSA) is 133 Å². The second kappa shape index (κ2) is 16.2. The van der Waals surface area contributed by atoms with E-state index in [0.29, 0.717) is 67.0 Å². The van der Waals surface area contributed by atoms with Gasteiger partial charge in [-0.25, -0.2) is 9.59 Å². The first-order valence-corrected chi connectivity index (χ1v) is 25.5. The highest BCUT2D eigenvalue weighted by atomic mass is 32.1. The Hall–Kier alpha value is -7.65. The Morgan fingerprint density at radius 2 is 1.04 bits per heavy atom. The van der Waals surface area contributed by atoms with E-state index in [2.05, 4.69) is 0 Å². The molecule has 13 rings (SSSR count). The van der Waals surface area contributed by atoms with Crippen LogP contribution in [0.3, 0.4) is 0 Å². The predicted octanol–water partition coefficient (Wildman–Crippen LogP) is 13.1. The lowest BCUT2D eigenvalue weighted by Gasteiger charge is -2.33. The van der Waals surface area contributed by atoms with Crippen LogP contribution in [0.25, 0.3) is 62.3 Å². The average Bonchev–Trinajstić information content (AvgIpc) is 4.22. The van der Waals surface area contributed by atoms with Crippen molar-refractivity contribution in [3.63, 3.8) is 0 Å². The number of allylic oxidation sites excluding steroid dienone is 1. The first-order chi connectivity index (χ1) is 34.1. The highest BCUT2D eigenvalue weighted by Gasteiger charge is 2.60. The van der Waals surface area contributed by atoms with Gasteiger partial charge in [0, 0.05) is 36.7 Å². The highest BCUT2D eigenvalue weighted by molar-refractivity contribution is 7.35. The summed E-state index contributed by atoms with van der Waals surface area (Å²) >= 11 is 5.33. The van der Waals surface area contributed by atoms with Crippen LogP contribution in [0.4, 0.5) is 0 Å². The lowest BCUT2D eigenvalue weighted by Crippen LogP contribution is -2.52. The minimum absolute atomic E-state index is 0.0491. The molecule has 0 amide bonds. The number of benzene rings is 6. The second-order valence-corrected chi connectivity index (χ2v) is 21.5. The number of aliphatic hydroxyl groups excluding tert-OH is 1. The third kappa shape index (κ3) is 6.61. The number of Topliss-reactive ketones (excluding diaryl/α,β-unsaturated/α-hetero) is 3. The second-order valence-electron chi connectivity index (χ2n) is 17.2. The maximum Gasteiger partial charge on any atom is 0.367 e. The summed E-state index contributed by atoms with van der Waals surface area (Å²) in [6, 6.07) is 44.5. The molecule has 70 heavy (non-hydrogen) atoms. The summed E-state index contributed by atoms with van der Waals surface area (Å²) < 4.78 is 21.8. The molecule has 0 saturated heterocycles. The molecule has 0 spiro atoms. The van der Waals surface area contributed by atoms with E-state index in [1.807, 2.05) is 133 Å². The van der Waals surface area contributed by atoms with Crippen molar-refractivity contribution in [2.45, 2.75) is 24.9 Å². The molecular formula is C57H32O9S4. The summed E-state index contributed by atoms with van der Waals surface area (Å²) in [5, 5.41) is 15.1. The molecule has 1 atom stereocenters. The van der Waals surface area contributed by atoms with Gasteiger partial charge in [0.2, 0.25) is 0 Å². The molecule has 0 fully saturated rings. The molecule has 1 N–H and O–H groups in total. The zero-order valence-corrected chi connectivity index (χ0v) is 39.6. The van der Waals surface area contributed by atoms with E-state index in [-0.39, 0.29) is 53.0 Å². The lowest BCUT2D eigenvalue weighted by molar-refractivity contribution is -0.183. The van der Waals surface area contributed by atoms with E-state index >= 15 is 9.59 Å². The molecule has 4 aromatic heterocycles. The zero-order chi connectivity index (χ0) is 47.4. The van der Waals surface area contributed by atoms with Gasteiger partial charge in [0.1, 0.15) is 19.3 Å². The van der Waals surface area contributed by atoms with Crippen LogP contribution in [0.5, 0.6) is 5.75 Å². The summed E-state index contributed by atoms with van der Waals surface area (Å²) in [4.78, 5) is 74.5. The number of rotatable bonds is 8. The number of carbonyl (C=O) groups excluding carboxylic acids is 5. The predicted molar refractivity (Wildman–Crippen MR) is 275 cm³/mol. The van der Waals surface area contributed by atoms with Crippen LogP contribution in [0.15, 0.2) is 157 Å². The smallest absolute Gasteiger partial charge is 0.367 e. The van der Waals surface area contributed by atoms with Crippen molar-refractivity contribution in [3.8, 4) is 15.5 Å². The van der Waals surface area contributed by atoms with Crippen LogP contribution in [-0.4, -0.2) is 34.4 Å². The summed E-state index contributed by atoms with van der Waals surface area (Å²) in [6.07, 6.45) is 2.12. The number of hydrogen-bond donors (Lipinski definition) is 1. The van der Waals surface area contributed by atoms with Gasteiger partial charge in [0.25, 0.3) is 0 Å². The van der Waals surface area contributed by atoms with Crippen LogP contribution in [0.2, 0.25) is 0 Å². The SMILES string of the molecule is O=C1C(=Cc2cc3sc4c(c3s2)OC(C(=O)OCc2ccccc2)(C(=O)OCc2ccccc2)c2c-4sc3cc(/C=C4/C(=O)c5cc6ccccc6cc5C4O)sc23)C(=O)c2cc3ccccc3cc21. The molecule has 338 valence electrons. The van der Waals surface area contributed by atoms with E-state index < -0.39 is 23.6 Å². The third-order valence-electron chi connectivity index (χ3n) is 13.0. The quantitative estimate of drug-likeness (QED) is 0.0683. The number of hydrogen-bond acceptors (Lipinski definition) is 13. The normalized spacial score (nSPS) is 16.2. The molecule has 0 radical (unpaired) electrons. The highest BCUT2D eigenvalue weighted by Crippen LogP contribution is 2.61. The van der Waals surface area contributed by atoms with Crippen molar-refractivity contribution >= 4 is 127 Å². The minimum Gasteiger partial charge on any atom is -0.457 e. The van der Waals surface area contributed by atoms with Crippen LogP contribution in [0, 0.1) is 0 Å². The fourth-order valence-corrected chi connectivity index (χ4v) is 14.9. The molecule has 0 saturated carbocycles. The molecule has 13 heteroatoms. The zero-order valence-electron chi connectivity index (χ0n) is 36.3. The molecule has 1 aliphatic heterocycles. The van der Waals surface area contributed by atoms with Gasteiger partial charge in [0.05, 0.1) is 35.0 Å². The van der Waals surface area contributed by atoms with Crippen LogP contribution < -0.4 is 4.74 Å². The lowest BCUT2D eigenvalue weighted by atomic mass is 9.90. The van der Waals surface area contributed by atoms with Crippen molar-refractivity contribution < 1.29 is 43.3 Å². The molecule has 5 heterocycles. The fourth-order valence-electron chi connectivity index (χ4n) is 9.59. The number of esters is 2. The van der Waals surface area contributed by atoms with Gasteiger partial charge in [-0.3, -0.25) is 14.4 Å². The maximum atomic E-state index is 15.2. The number of ether oxygens (including phenoxy) is 3. The summed E-state index contributed by atoms with van der Waals surface area (Å²) in [5.41, 5.74) is 1.12. The molecule has 6 aromatic carbocycles. The Balaban J connectivity index is 0.949. The van der Waals surface area contributed by atoms with Gasteiger partial charge in [-0.1, -0.05) is 109 Å². The van der Waals surface area contributed by atoms with Crippen molar-refractivity contribution in [3.05, 3.63) is 205 Å². The van der Waals surface area contributed by atoms with Gasteiger partial charge in [-0.15, -0.1) is 45.3 Å².